The number of benzene rings is 1. The first-order chi connectivity index (χ1) is 13.5. The molecule has 0 bridgehead atoms. The van der Waals surface area contributed by atoms with Crippen molar-refractivity contribution in [2.24, 2.45) is 7.05 Å². The number of carbonyl (C=O) groups is 1. The van der Waals surface area contributed by atoms with Gasteiger partial charge in [0.25, 0.3) is 0 Å². The molecule has 7 nitrogen and oxygen atoms in total. The Morgan fingerprint density at radius 3 is 2.71 bits per heavy atom. The Morgan fingerprint density at radius 2 is 2.04 bits per heavy atom. The molecule has 0 unspecified atom stereocenters. The molecule has 1 fully saturated rings. The van der Waals surface area contributed by atoms with Crippen LogP contribution in [0.5, 0.6) is 5.75 Å². The van der Waals surface area contributed by atoms with Crippen LogP contribution in [0.1, 0.15) is 37.9 Å². The molecule has 3 rings (SSSR count). The maximum absolute atomic E-state index is 12.3. The topological polar surface area (TPSA) is 92.8 Å². The second-order valence-electron chi connectivity index (χ2n) is 6.79. The van der Waals surface area contributed by atoms with E-state index in [2.05, 4.69) is 21.6 Å². The SMILES string of the molecule is Cn1c(COc2ccc(Cl)cc2)nnc1SCC(=O)NC1(C#N)CCCCC1. The average Bonchev–Trinajstić information content (AvgIpc) is 3.06. The lowest BCUT2D eigenvalue weighted by Gasteiger charge is -2.31. The molecule has 0 atom stereocenters. The molecule has 0 saturated heterocycles. The zero-order valence-corrected chi connectivity index (χ0v) is 17.2. The molecule has 1 aliphatic rings. The number of nitrogens with zero attached hydrogens (tertiary/aromatic N) is 4. The lowest BCUT2D eigenvalue weighted by Crippen LogP contribution is -2.49. The summed E-state index contributed by atoms with van der Waals surface area (Å²) in [4.78, 5) is 12.3. The fraction of sp³-hybridized carbons (Fsp3) is 0.474. The molecule has 1 aliphatic carbocycles. The molecular formula is C19H22ClN5O2S. The third-order valence-corrected chi connectivity index (χ3v) is 6.01. The van der Waals surface area contributed by atoms with E-state index in [9.17, 15) is 10.1 Å². The van der Waals surface area contributed by atoms with E-state index in [0.29, 0.717) is 21.8 Å². The molecule has 1 aromatic heterocycles. The van der Waals surface area contributed by atoms with Gasteiger partial charge >= 0.3 is 0 Å². The van der Waals surface area contributed by atoms with Gasteiger partial charge in [-0.15, -0.1) is 10.2 Å². The van der Waals surface area contributed by atoms with Crippen molar-refractivity contribution in [2.45, 2.75) is 49.4 Å². The van der Waals surface area contributed by atoms with Crippen molar-refractivity contribution in [1.29, 1.82) is 5.26 Å². The third-order valence-electron chi connectivity index (χ3n) is 4.74. The van der Waals surface area contributed by atoms with E-state index in [1.807, 2.05) is 7.05 Å². The summed E-state index contributed by atoms with van der Waals surface area (Å²) in [7, 11) is 1.83. The van der Waals surface area contributed by atoms with E-state index < -0.39 is 5.54 Å². The molecule has 0 radical (unpaired) electrons. The second kappa shape index (κ2) is 9.30. The highest BCUT2D eigenvalue weighted by Gasteiger charge is 2.33. The van der Waals surface area contributed by atoms with Crippen molar-refractivity contribution >= 4 is 29.3 Å². The Morgan fingerprint density at radius 1 is 1.32 bits per heavy atom. The van der Waals surface area contributed by atoms with Gasteiger partial charge in [-0.25, -0.2) is 0 Å². The van der Waals surface area contributed by atoms with Crippen LogP contribution in [0, 0.1) is 11.3 Å². The highest BCUT2D eigenvalue weighted by molar-refractivity contribution is 7.99. The molecule has 1 N–H and O–H groups in total. The molecule has 148 valence electrons. The lowest BCUT2D eigenvalue weighted by atomic mass is 9.83. The fourth-order valence-electron chi connectivity index (χ4n) is 3.13. The Bertz CT molecular complexity index is 856. The number of aromatic nitrogens is 3. The van der Waals surface area contributed by atoms with Crippen molar-refractivity contribution in [3.8, 4) is 11.8 Å². The molecule has 1 amide bonds. The standard InChI is InChI=1S/C19H22ClN5O2S/c1-25-16(11-27-15-7-5-14(20)6-8-15)23-24-18(25)28-12-17(26)22-19(13-21)9-3-2-4-10-19/h5-8H,2-4,9-12H2,1H3,(H,22,26). The molecule has 0 aliphatic heterocycles. The van der Waals surface area contributed by atoms with Crippen LogP contribution in [0.25, 0.3) is 0 Å². The number of halogens is 1. The maximum Gasteiger partial charge on any atom is 0.231 e. The van der Waals surface area contributed by atoms with E-state index in [-0.39, 0.29) is 18.3 Å². The number of hydrogen-bond acceptors (Lipinski definition) is 6. The monoisotopic (exact) mass is 419 g/mol. The van der Waals surface area contributed by atoms with Crippen molar-refractivity contribution in [3.63, 3.8) is 0 Å². The van der Waals surface area contributed by atoms with Crippen LogP contribution in [-0.2, 0) is 18.4 Å². The highest BCUT2D eigenvalue weighted by atomic mass is 35.5. The maximum atomic E-state index is 12.3. The Kier molecular flexibility index (Phi) is 6.81. The van der Waals surface area contributed by atoms with Crippen molar-refractivity contribution in [2.75, 3.05) is 5.75 Å². The van der Waals surface area contributed by atoms with E-state index in [1.165, 1.54) is 11.8 Å². The zero-order valence-electron chi connectivity index (χ0n) is 15.7. The van der Waals surface area contributed by atoms with Crippen LogP contribution in [0.3, 0.4) is 0 Å². The van der Waals surface area contributed by atoms with Gasteiger partial charge in [-0.2, -0.15) is 5.26 Å². The smallest absolute Gasteiger partial charge is 0.231 e. The molecule has 28 heavy (non-hydrogen) atoms. The minimum absolute atomic E-state index is 0.157. The summed E-state index contributed by atoms with van der Waals surface area (Å²) in [6, 6.07) is 9.39. The molecule has 0 spiro atoms. The third kappa shape index (κ3) is 5.18. The number of rotatable bonds is 7. The van der Waals surface area contributed by atoms with Crippen LogP contribution in [0.4, 0.5) is 0 Å². The van der Waals surface area contributed by atoms with E-state index in [0.717, 1.165) is 32.1 Å². The van der Waals surface area contributed by atoms with Gasteiger partial charge < -0.3 is 14.6 Å². The van der Waals surface area contributed by atoms with Crippen LogP contribution in [-0.4, -0.2) is 32.0 Å². The van der Waals surface area contributed by atoms with E-state index in [1.54, 1.807) is 28.8 Å². The summed E-state index contributed by atoms with van der Waals surface area (Å²) < 4.78 is 7.49. The largest absolute Gasteiger partial charge is 0.486 e. The number of thioether (sulfide) groups is 1. The second-order valence-corrected chi connectivity index (χ2v) is 8.17. The van der Waals surface area contributed by atoms with Gasteiger partial charge in [-0.05, 0) is 37.1 Å². The van der Waals surface area contributed by atoms with Gasteiger partial charge in [-0.1, -0.05) is 42.6 Å². The Balaban J connectivity index is 1.51. The first-order valence-corrected chi connectivity index (χ1v) is 10.5. The number of nitriles is 1. The number of hydrogen-bond donors (Lipinski definition) is 1. The van der Waals surface area contributed by atoms with Crippen molar-refractivity contribution in [3.05, 3.63) is 35.1 Å². The van der Waals surface area contributed by atoms with Gasteiger partial charge in [-0.3, -0.25) is 4.79 Å². The predicted octanol–water partition coefficient (Wildman–Crippen LogP) is 3.48. The first kappa shape index (κ1) is 20.5. The summed E-state index contributed by atoms with van der Waals surface area (Å²) in [6.07, 6.45) is 4.50. The van der Waals surface area contributed by atoms with Crippen LogP contribution in [0.2, 0.25) is 5.02 Å². The highest BCUT2D eigenvalue weighted by Crippen LogP contribution is 2.28. The number of amides is 1. The molecule has 2 aromatic rings. The van der Waals surface area contributed by atoms with Crippen LogP contribution in [0.15, 0.2) is 29.4 Å². The minimum Gasteiger partial charge on any atom is -0.486 e. The molecule has 1 heterocycles. The van der Waals surface area contributed by atoms with Crippen LogP contribution < -0.4 is 10.1 Å². The lowest BCUT2D eigenvalue weighted by molar-refractivity contribution is -0.120. The molecule has 1 saturated carbocycles. The first-order valence-electron chi connectivity index (χ1n) is 9.13. The van der Waals surface area contributed by atoms with Gasteiger partial charge in [0, 0.05) is 12.1 Å². The number of ether oxygens (including phenoxy) is 1. The van der Waals surface area contributed by atoms with Crippen LogP contribution >= 0.6 is 23.4 Å². The van der Waals surface area contributed by atoms with Gasteiger partial charge in [0.2, 0.25) is 5.91 Å². The number of carbonyl (C=O) groups excluding carboxylic acids is 1. The zero-order chi connectivity index (χ0) is 20.0. The fourth-order valence-corrected chi connectivity index (χ4v) is 3.98. The van der Waals surface area contributed by atoms with Gasteiger partial charge in [0.15, 0.2) is 11.0 Å². The average molecular weight is 420 g/mol. The molecule has 9 heteroatoms. The molecule has 1 aromatic carbocycles. The Labute approximate surface area is 173 Å². The normalized spacial score (nSPS) is 15.6. The van der Waals surface area contributed by atoms with Gasteiger partial charge in [0.05, 0.1) is 11.8 Å². The quantitative estimate of drug-likeness (QED) is 0.690. The predicted molar refractivity (Wildman–Crippen MR) is 107 cm³/mol. The van der Waals surface area contributed by atoms with Crippen molar-refractivity contribution in [1.82, 2.24) is 20.1 Å². The summed E-state index contributed by atoms with van der Waals surface area (Å²) in [5.41, 5.74) is -0.715. The Hall–Kier alpha value is -2.24. The van der Waals surface area contributed by atoms with Crippen molar-refractivity contribution < 1.29 is 9.53 Å². The van der Waals surface area contributed by atoms with E-state index >= 15 is 0 Å². The van der Waals surface area contributed by atoms with Gasteiger partial charge in [0.1, 0.15) is 17.9 Å². The molecular weight excluding hydrogens is 398 g/mol. The van der Waals surface area contributed by atoms with E-state index in [4.69, 9.17) is 16.3 Å². The summed E-state index contributed by atoms with van der Waals surface area (Å²) in [6.45, 7) is 0.259. The minimum atomic E-state index is -0.715. The summed E-state index contributed by atoms with van der Waals surface area (Å²) in [5.74, 6) is 1.37. The number of nitrogens with one attached hydrogen (secondary N) is 1. The summed E-state index contributed by atoms with van der Waals surface area (Å²) in [5, 5.41) is 21.9. The summed E-state index contributed by atoms with van der Waals surface area (Å²) >= 11 is 7.15.